The van der Waals surface area contributed by atoms with E-state index in [0.29, 0.717) is 17.1 Å². The normalized spacial score (nSPS) is 11.8. The number of amides is 2. The first-order valence-electron chi connectivity index (χ1n) is 8.05. The van der Waals surface area contributed by atoms with Crippen LogP contribution >= 0.6 is 0 Å². The predicted molar refractivity (Wildman–Crippen MR) is 98.3 cm³/mol. The molecule has 26 heavy (non-hydrogen) atoms. The van der Waals surface area contributed by atoms with Crippen LogP contribution in [0.15, 0.2) is 54.6 Å². The molecule has 1 atom stereocenters. The van der Waals surface area contributed by atoms with E-state index in [0.717, 1.165) is 10.9 Å². The fourth-order valence-electron chi connectivity index (χ4n) is 2.56. The van der Waals surface area contributed by atoms with Crippen molar-refractivity contribution in [1.29, 1.82) is 0 Å². The standard InChI is InChI=1S/C19H19N3O4/c1-26-14-7-4-6-13(10-14)20-19(25)17(11-23)22-18(24)16-9-12-5-2-3-8-15(12)21-16/h2-10,17,21,23H,11H2,1H3,(H,20,25)(H,22,24). The summed E-state index contributed by atoms with van der Waals surface area (Å²) in [6, 6.07) is 14.9. The summed E-state index contributed by atoms with van der Waals surface area (Å²) in [5, 5.41) is 15.6. The summed E-state index contributed by atoms with van der Waals surface area (Å²) in [4.78, 5) is 27.7. The van der Waals surface area contributed by atoms with Crippen molar-refractivity contribution in [3.05, 3.63) is 60.3 Å². The number of fused-ring (bicyclic) bond motifs is 1. The zero-order chi connectivity index (χ0) is 18.5. The molecule has 0 saturated carbocycles. The van der Waals surface area contributed by atoms with Gasteiger partial charge in [0.15, 0.2) is 0 Å². The number of anilines is 1. The van der Waals surface area contributed by atoms with Crippen LogP contribution in [0.1, 0.15) is 10.5 Å². The molecular weight excluding hydrogens is 334 g/mol. The molecule has 0 aliphatic heterocycles. The minimum absolute atomic E-state index is 0.318. The number of para-hydroxylation sites is 1. The Morgan fingerprint density at radius 1 is 1.15 bits per heavy atom. The number of rotatable bonds is 6. The molecule has 4 N–H and O–H groups in total. The number of nitrogens with one attached hydrogen (secondary N) is 3. The number of aromatic amines is 1. The monoisotopic (exact) mass is 353 g/mol. The number of ether oxygens (including phenoxy) is 1. The second-order valence-electron chi connectivity index (χ2n) is 5.70. The molecule has 3 rings (SSSR count). The van der Waals surface area contributed by atoms with Gasteiger partial charge in [0, 0.05) is 22.7 Å². The van der Waals surface area contributed by atoms with E-state index in [-0.39, 0.29) is 0 Å². The molecule has 0 fully saturated rings. The van der Waals surface area contributed by atoms with Crippen LogP contribution in [0, 0.1) is 0 Å². The predicted octanol–water partition coefficient (Wildman–Crippen LogP) is 1.91. The van der Waals surface area contributed by atoms with Gasteiger partial charge in [0.2, 0.25) is 5.91 Å². The minimum atomic E-state index is -1.08. The zero-order valence-electron chi connectivity index (χ0n) is 14.2. The summed E-state index contributed by atoms with van der Waals surface area (Å²) >= 11 is 0. The van der Waals surface area contributed by atoms with E-state index >= 15 is 0 Å². The lowest BCUT2D eigenvalue weighted by molar-refractivity contribution is -0.118. The maximum atomic E-state index is 12.4. The molecule has 2 aromatic carbocycles. The number of H-pyrrole nitrogens is 1. The van der Waals surface area contributed by atoms with Crippen molar-refractivity contribution >= 4 is 28.4 Å². The zero-order valence-corrected chi connectivity index (χ0v) is 14.2. The third-order valence-electron chi connectivity index (χ3n) is 3.92. The Balaban J connectivity index is 1.69. The fraction of sp³-hybridized carbons (Fsp3) is 0.158. The molecule has 0 radical (unpaired) electrons. The smallest absolute Gasteiger partial charge is 0.268 e. The van der Waals surface area contributed by atoms with Crippen molar-refractivity contribution < 1.29 is 19.4 Å². The first-order chi connectivity index (χ1) is 12.6. The Bertz CT molecular complexity index is 902. The number of hydrogen-bond donors (Lipinski definition) is 4. The Morgan fingerprint density at radius 2 is 1.96 bits per heavy atom. The highest BCUT2D eigenvalue weighted by Gasteiger charge is 2.21. The van der Waals surface area contributed by atoms with Gasteiger partial charge in [-0.25, -0.2) is 0 Å². The van der Waals surface area contributed by atoms with Gasteiger partial charge in [0.05, 0.1) is 13.7 Å². The minimum Gasteiger partial charge on any atom is -0.497 e. The van der Waals surface area contributed by atoms with Gasteiger partial charge < -0.3 is 25.5 Å². The van der Waals surface area contributed by atoms with Crippen molar-refractivity contribution in [2.24, 2.45) is 0 Å². The molecule has 0 aliphatic rings. The van der Waals surface area contributed by atoms with E-state index in [1.807, 2.05) is 24.3 Å². The van der Waals surface area contributed by atoms with Crippen LogP contribution in [0.4, 0.5) is 5.69 Å². The Labute approximate surface area is 150 Å². The van der Waals surface area contributed by atoms with Crippen LogP contribution in [0.25, 0.3) is 10.9 Å². The van der Waals surface area contributed by atoms with Crippen molar-refractivity contribution in [2.75, 3.05) is 19.0 Å². The summed E-state index contributed by atoms with van der Waals surface area (Å²) < 4.78 is 5.10. The molecule has 7 nitrogen and oxygen atoms in total. The fourth-order valence-corrected chi connectivity index (χ4v) is 2.56. The van der Waals surface area contributed by atoms with Gasteiger partial charge in [0.25, 0.3) is 5.91 Å². The van der Waals surface area contributed by atoms with E-state index in [9.17, 15) is 14.7 Å². The van der Waals surface area contributed by atoms with Gasteiger partial charge in [-0.2, -0.15) is 0 Å². The molecule has 0 bridgehead atoms. The van der Waals surface area contributed by atoms with Crippen LogP contribution < -0.4 is 15.4 Å². The highest BCUT2D eigenvalue weighted by molar-refractivity contribution is 6.02. The van der Waals surface area contributed by atoms with Gasteiger partial charge >= 0.3 is 0 Å². The first-order valence-corrected chi connectivity index (χ1v) is 8.05. The topological polar surface area (TPSA) is 103 Å². The first kappa shape index (κ1) is 17.5. The van der Waals surface area contributed by atoms with E-state index in [2.05, 4.69) is 15.6 Å². The molecule has 1 unspecified atom stereocenters. The number of carbonyl (C=O) groups excluding carboxylic acids is 2. The van der Waals surface area contributed by atoms with Gasteiger partial charge in [-0.15, -0.1) is 0 Å². The number of benzene rings is 2. The average Bonchev–Trinajstić information content (AvgIpc) is 3.10. The summed E-state index contributed by atoms with van der Waals surface area (Å²) in [7, 11) is 1.53. The van der Waals surface area contributed by atoms with Crippen molar-refractivity contribution in [2.45, 2.75) is 6.04 Å². The lowest BCUT2D eigenvalue weighted by Crippen LogP contribution is -2.46. The second-order valence-corrected chi connectivity index (χ2v) is 5.70. The van der Waals surface area contributed by atoms with Gasteiger partial charge in [-0.05, 0) is 24.3 Å². The molecule has 0 spiro atoms. The Hall–Kier alpha value is -3.32. The number of carbonyl (C=O) groups is 2. The van der Waals surface area contributed by atoms with Gasteiger partial charge in [-0.3, -0.25) is 9.59 Å². The largest absolute Gasteiger partial charge is 0.497 e. The Kier molecular flexibility index (Phi) is 5.19. The SMILES string of the molecule is COc1cccc(NC(=O)C(CO)NC(=O)c2cc3ccccc3[nH]2)c1. The third-order valence-corrected chi connectivity index (χ3v) is 3.92. The van der Waals surface area contributed by atoms with E-state index in [1.54, 1.807) is 30.3 Å². The van der Waals surface area contributed by atoms with Crippen LogP contribution in [0.5, 0.6) is 5.75 Å². The van der Waals surface area contributed by atoms with Gasteiger partial charge in [0.1, 0.15) is 17.5 Å². The quantitative estimate of drug-likeness (QED) is 0.543. The molecule has 7 heteroatoms. The molecule has 134 valence electrons. The number of methoxy groups -OCH3 is 1. The lowest BCUT2D eigenvalue weighted by atomic mass is 10.2. The molecule has 3 aromatic rings. The van der Waals surface area contributed by atoms with Crippen LogP contribution in [-0.2, 0) is 4.79 Å². The van der Waals surface area contributed by atoms with E-state index in [4.69, 9.17) is 4.74 Å². The van der Waals surface area contributed by atoms with Crippen molar-refractivity contribution in [3.63, 3.8) is 0 Å². The Morgan fingerprint density at radius 3 is 2.69 bits per heavy atom. The number of aromatic nitrogens is 1. The number of aliphatic hydroxyl groups is 1. The average molecular weight is 353 g/mol. The highest BCUT2D eigenvalue weighted by atomic mass is 16.5. The van der Waals surface area contributed by atoms with Crippen LogP contribution in [-0.4, -0.2) is 41.7 Å². The summed E-state index contributed by atoms with van der Waals surface area (Å²) in [5.74, 6) is -0.406. The summed E-state index contributed by atoms with van der Waals surface area (Å²) in [6.07, 6.45) is 0. The molecule has 0 saturated heterocycles. The second kappa shape index (κ2) is 7.71. The van der Waals surface area contributed by atoms with E-state index in [1.165, 1.54) is 7.11 Å². The summed E-state index contributed by atoms with van der Waals surface area (Å²) in [5.41, 5.74) is 1.64. The molecule has 2 amide bonds. The molecule has 1 aromatic heterocycles. The summed E-state index contributed by atoms with van der Waals surface area (Å²) in [6.45, 7) is -0.526. The number of hydrogen-bond acceptors (Lipinski definition) is 4. The lowest BCUT2D eigenvalue weighted by Gasteiger charge is -2.16. The highest BCUT2D eigenvalue weighted by Crippen LogP contribution is 2.17. The van der Waals surface area contributed by atoms with Gasteiger partial charge in [-0.1, -0.05) is 24.3 Å². The molecular formula is C19H19N3O4. The van der Waals surface area contributed by atoms with Crippen LogP contribution in [0.2, 0.25) is 0 Å². The van der Waals surface area contributed by atoms with Crippen molar-refractivity contribution in [3.8, 4) is 5.75 Å². The third kappa shape index (κ3) is 3.84. The maximum Gasteiger partial charge on any atom is 0.268 e. The molecule has 1 heterocycles. The van der Waals surface area contributed by atoms with E-state index < -0.39 is 24.5 Å². The maximum absolute atomic E-state index is 12.4. The number of aliphatic hydroxyl groups excluding tert-OH is 1. The van der Waals surface area contributed by atoms with Crippen molar-refractivity contribution in [1.82, 2.24) is 10.3 Å². The van der Waals surface area contributed by atoms with Crippen LogP contribution in [0.3, 0.4) is 0 Å². The molecule has 0 aliphatic carbocycles.